The summed E-state index contributed by atoms with van der Waals surface area (Å²) in [5.41, 5.74) is 3.09. The van der Waals surface area contributed by atoms with Gasteiger partial charge in [0.2, 0.25) is 0 Å². The number of rotatable bonds is 4. The number of benzene rings is 3. The Labute approximate surface area is 189 Å². The van der Waals surface area contributed by atoms with Gasteiger partial charge in [-0.05, 0) is 42.0 Å². The first-order valence-electron chi connectivity index (χ1n) is 8.79. The third-order valence-corrected chi connectivity index (χ3v) is 5.22. The van der Waals surface area contributed by atoms with Crippen LogP contribution < -0.4 is 21.9 Å². The van der Waals surface area contributed by atoms with Crippen LogP contribution in [0.15, 0.2) is 60.7 Å². The zero-order valence-electron chi connectivity index (χ0n) is 16.0. The number of hydrogen-bond donors (Lipinski definition) is 0. The van der Waals surface area contributed by atoms with Gasteiger partial charge in [-0.3, -0.25) is 0 Å². The van der Waals surface area contributed by atoms with E-state index >= 15 is 0 Å². The maximum absolute atomic E-state index is 14.6. The van der Waals surface area contributed by atoms with Crippen LogP contribution in [-0.4, -0.2) is 19.2 Å². The molecule has 1 aromatic heterocycles. The van der Waals surface area contributed by atoms with Crippen molar-refractivity contribution in [2.24, 2.45) is 0 Å². The van der Waals surface area contributed by atoms with Crippen LogP contribution in [0.25, 0.3) is 33.3 Å². The van der Waals surface area contributed by atoms with Crippen LogP contribution in [0.4, 0.5) is 4.39 Å². The quantitative estimate of drug-likeness (QED) is 0.458. The highest BCUT2D eigenvalue weighted by atomic mass is 35.5. The van der Waals surface area contributed by atoms with E-state index < -0.39 is 0 Å². The second kappa shape index (κ2) is 9.09. The molecule has 0 atom stereocenters. The van der Waals surface area contributed by atoms with Crippen molar-refractivity contribution in [2.75, 3.05) is 14.2 Å². The molecule has 0 aliphatic rings. The zero-order valence-corrected chi connectivity index (χ0v) is 18.3. The Bertz CT molecular complexity index is 1230. The third kappa shape index (κ3) is 4.04. The van der Waals surface area contributed by atoms with E-state index in [0.29, 0.717) is 49.4 Å². The molecule has 0 aliphatic heterocycles. The third-order valence-electron chi connectivity index (χ3n) is 4.68. The number of pyridine rings is 1. The molecule has 154 valence electrons. The molecule has 0 aliphatic carbocycles. The SMILES string of the molecule is COc1cc(OC)c(-c2cc(-c3ccccc3F)c3cc(Cl)ccc3n2)cc1Cl.[Cl-]. The van der Waals surface area contributed by atoms with Crippen LogP contribution in [0.1, 0.15) is 0 Å². The molecule has 30 heavy (non-hydrogen) atoms. The van der Waals surface area contributed by atoms with E-state index in [4.69, 9.17) is 37.7 Å². The van der Waals surface area contributed by atoms with Gasteiger partial charge in [-0.2, -0.15) is 0 Å². The maximum atomic E-state index is 14.6. The minimum absolute atomic E-state index is 0. The van der Waals surface area contributed by atoms with Crippen LogP contribution in [-0.2, 0) is 0 Å². The summed E-state index contributed by atoms with van der Waals surface area (Å²) in [5, 5.41) is 1.73. The normalized spacial score (nSPS) is 10.6. The predicted octanol–water partition coefficient (Wildman–Crippen LogP) is 4.04. The van der Waals surface area contributed by atoms with Gasteiger partial charge in [0, 0.05) is 27.6 Å². The standard InChI is InChI=1S/C23H16Cl2FNO2.ClH/c1-28-22-12-23(29-2)18(25)10-17(22)21-11-15(14-5-3-4-6-19(14)26)16-9-13(24)7-8-20(16)27-21;/h3-12H,1-2H3;1H/p-1. The Morgan fingerprint density at radius 3 is 2.23 bits per heavy atom. The summed E-state index contributed by atoms with van der Waals surface area (Å²) in [6.45, 7) is 0. The summed E-state index contributed by atoms with van der Waals surface area (Å²) in [6, 6.07) is 17.2. The number of ether oxygens (including phenoxy) is 2. The molecular formula is C23H16Cl3FNO2-. The molecule has 4 aromatic rings. The van der Waals surface area contributed by atoms with Crippen molar-refractivity contribution in [3.8, 4) is 33.9 Å². The van der Waals surface area contributed by atoms with Crippen LogP contribution in [0, 0.1) is 5.82 Å². The van der Waals surface area contributed by atoms with E-state index in [1.165, 1.54) is 13.2 Å². The lowest BCUT2D eigenvalue weighted by atomic mass is 9.97. The Morgan fingerprint density at radius 2 is 1.53 bits per heavy atom. The fraction of sp³-hybridized carbons (Fsp3) is 0.0870. The number of hydrogen-bond acceptors (Lipinski definition) is 3. The number of fused-ring (bicyclic) bond motifs is 1. The highest BCUT2D eigenvalue weighted by Crippen LogP contribution is 2.41. The van der Waals surface area contributed by atoms with Gasteiger partial charge in [0.15, 0.2) is 0 Å². The lowest BCUT2D eigenvalue weighted by Crippen LogP contribution is -3.00. The second-order valence-corrected chi connectivity index (χ2v) is 7.23. The van der Waals surface area contributed by atoms with E-state index in [-0.39, 0.29) is 18.2 Å². The second-order valence-electron chi connectivity index (χ2n) is 6.38. The van der Waals surface area contributed by atoms with Crippen LogP contribution in [0.2, 0.25) is 10.0 Å². The van der Waals surface area contributed by atoms with Gasteiger partial charge in [-0.15, -0.1) is 0 Å². The summed E-state index contributed by atoms with van der Waals surface area (Å²) in [5.74, 6) is 0.714. The summed E-state index contributed by atoms with van der Waals surface area (Å²) >= 11 is 12.5. The van der Waals surface area contributed by atoms with Gasteiger partial charge in [-0.1, -0.05) is 41.4 Å². The van der Waals surface area contributed by atoms with E-state index in [1.807, 2.05) is 12.1 Å². The van der Waals surface area contributed by atoms with E-state index in [1.54, 1.807) is 49.6 Å². The molecule has 0 unspecified atom stereocenters. The molecule has 3 aromatic carbocycles. The van der Waals surface area contributed by atoms with Gasteiger partial charge in [0.1, 0.15) is 17.3 Å². The highest BCUT2D eigenvalue weighted by molar-refractivity contribution is 6.32. The first kappa shape index (κ1) is 22.2. The summed E-state index contributed by atoms with van der Waals surface area (Å²) < 4.78 is 25.4. The molecule has 3 nitrogen and oxygen atoms in total. The average molecular weight is 464 g/mol. The lowest BCUT2D eigenvalue weighted by Gasteiger charge is -2.15. The summed E-state index contributed by atoms with van der Waals surface area (Å²) in [6.07, 6.45) is 0. The highest BCUT2D eigenvalue weighted by Gasteiger charge is 2.17. The van der Waals surface area contributed by atoms with Gasteiger partial charge < -0.3 is 21.9 Å². The molecule has 1 heterocycles. The Morgan fingerprint density at radius 1 is 0.800 bits per heavy atom. The monoisotopic (exact) mass is 462 g/mol. The molecule has 7 heteroatoms. The van der Waals surface area contributed by atoms with E-state index in [2.05, 4.69) is 0 Å². The Kier molecular flexibility index (Phi) is 6.71. The van der Waals surface area contributed by atoms with Crippen LogP contribution in [0.3, 0.4) is 0 Å². The molecule has 0 bridgehead atoms. The lowest BCUT2D eigenvalue weighted by molar-refractivity contribution is -0.00000673. The molecule has 0 fully saturated rings. The van der Waals surface area contributed by atoms with Gasteiger partial charge in [0.05, 0.1) is 30.5 Å². The fourth-order valence-electron chi connectivity index (χ4n) is 3.30. The summed E-state index contributed by atoms with van der Waals surface area (Å²) in [7, 11) is 3.10. The van der Waals surface area contributed by atoms with Crippen molar-refractivity contribution in [3.63, 3.8) is 0 Å². The van der Waals surface area contributed by atoms with E-state index in [0.717, 1.165) is 5.39 Å². The minimum Gasteiger partial charge on any atom is -1.00 e. The molecule has 0 radical (unpaired) electrons. The first-order valence-corrected chi connectivity index (χ1v) is 9.54. The Hall–Kier alpha value is -2.53. The molecule has 0 saturated carbocycles. The van der Waals surface area contributed by atoms with E-state index in [9.17, 15) is 4.39 Å². The van der Waals surface area contributed by atoms with Gasteiger partial charge >= 0.3 is 0 Å². The summed E-state index contributed by atoms with van der Waals surface area (Å²) in [4.78, 5) is 4.75. The van der Waals surface area contributed by atoms with Crippen molar-refractivity contribution in [1.82, 2.24) is 4.98 Å². The topological polar surface area (TPSA) is 31.4 Å². The number of halogens is 4. The smallest absolute Gasteiger partial charge is 0.141 e. The van der Waals surface area contributed by atoms with Crippen molar-refractivity contribution in [3.05, 3.63) is 76.5 Å². The fourth-order valence-corrected chi connectivity index (χ4v) is 3.71. The van der Waals surface area contributed by atoms with Crippen molar-refractivity contribution in [2.45, 2.75) is 0 Å². The molecule has 0 spiro atoms. The number of methoxy groups -OCH3 is 2. The number of aromatic nitrogens is 1. The average Bonchev–Trinajstić information content (AvgIpc) is 2.73. The first-order chi connectivity index (χ1) is 14.0. The maximum Gasteiger partial charge on any atom is 0.141 e. The number of nitrogens with zero attached hydrogens (tertiary/aromatic N) is 1. The van der Waals surface area contributed by atoms with Gasteiger partial charge in [0.25, 0.3) is 0 Å². The van der Waals surface area contributed by atoms with Crippen molar-refractivity contribution in [1.29, 1.82) is 0 Å². The zero-order chi connectivity index (χ0) is 20.5. The largest absolute Gasteiger partial charge is 1.00 e. The van der Waals surface area contributed by atoms with Crippen LogP contribution >= 0.6 is 23.2 Å². The molecule has 0 N–H and O–H groups in total. The molecule has 4 rings (SSSR count). The van der Waals surface area contributed by atoms with Gasteiger partial charge in [-0.25, -0.2) is 9.37 Å². The molecule has 0 amide bonds. The minimum atomic E-state index is -0.328. The molecular weight excluding hydrogens is 448 g/mol. The Balaban J connectivity index is 0.00000256. The predicted molar refractivity (Wildman–Crippen MR) is 116 cm³/mol. The van der Waals surface area contributed by atoms with Crippen LogP contribution in [0.5, 0.6) is 11.5 Å². The molecule has 0 saturated heterocycles. The van der Waals surface area contributed by atoms with Crippen molar-refractivity contribution < 1.29 is 26.3 Å². The van der Waals surface area contributed by atoms with Crippen molar-refractivity contribution >= 4 is 34.1 Å².